The van der Waals surface area contributed by atoms with E-state index in [1.165, 1.54) is 212 Å². The number of nitro groups is 2. The van der Waals surface area contributed by atoms with Crippen LogP contribution in [0.1, 0.15) is 158 Å². The summed E-state index contributed by atoms with van der Waals surface area (Å²) in [6.45, 7) is 30.0. The van der Waals surface area contributed by atoms with Gasteiger partial charge in [0.1, 0.15) is 0 Å². The Morgan fingerprint density at radius 3 is 1.10 bits per heavy atom. The third kappa shape index (κ3) is 23.3. The fourth-order valence-electron chi connectivity index (χ4n) is 7.15. The lowest BCUT2D eigenvalue weighted by Gasteiger charge is -2.39. The smallest absolute Gasteiger partial charge is 0.269 e. The van der Waals surface area contributed by atoms with Crippen molar-refractivity contribution in [3.8, 4) is 0 Å². The Hall–Kier alpha value is -3.75. The molecule has 3 rings (SSSR count). The van der Waals surface area contributed by atoms with Crippen LogP contribution in [0.15, 0.2) is 48.5 Å². The molecule has 0 radical (unpaired) electrons. The first kappa shape index (κ1) is 56.2. The molecule has 0 aliphatic carbocycles. The quantitative estimate of drug-likeness (QED) is 0.0400. The molecule has 0 amide bonds. The number of benzene rings is 2. The largest absolute Gasteiger partial charge is 1.00 e. The molecule has 1 heterocycles. The van der Waals surface area contributed by atoms with Gasteiger partial charge in [-0.05, 0) is 69.2 Å². The Kier molecular flexibility index (Phi) is 31.8. The van der Waals surface area contributed by atoms with E-state index in [1.807, 2.05) is 0 Å². The van der Waals surface area contributed by atoms with Crippen molar-refractivity contribution in [3.63, 3.8) is 0 Å². The van der Waals surface area contributed by atoms with E-state index < -0.39 is 9.85 Å². The van der Waals surface area contributed by atoms with Crippen LogP contribution in [0.25, 0.3) is 5.32 Å². The molecule has 0 spiro atoms. The fourth-order valence-corrected chi connectivity index (χ4v) is 7.81. The highest BCUT2D eigenvalue weighted by Gasteiger charge is 2.26. The number of anilines is 2. The maximum absolute atomic E-state index is 10.6. The van der Waals surface area contributed by atoms with E-state index in [-0.39, 0.29) is 16.1 Å². The standard InChI is InChI=1S/2C16H36N.C14H9N6O4S.FH/c2*1-5-9-13-17(14-10-6-2,15-11-7-3)16-12-8-4;21-19(22)11-5-1-9(2-6-11)15-13-17-18-14(25-13)16-10-3-7-12(8-4-10)20(23)24;/h2*5-16H2,1-4H3;1-8H,(H-,15,16,17,18);1H/q2*+1;-1;/p-1. The zero-order valence-electron chi connectivity index (χ0n) is 38.6. The van der Waals surface area contributed by atoms with Crippen LogP contribution < -0.4 is 10.0 Å². The van der Waals surface area contributed by atoms with Crippen LogP contribution in [-0.2, 0) is 0 Å². The van der Waals surface area contributed by atoms with Crippen molar-refractivity contribution in [2.75, 3.05) is 57.7 Å². The van der Waals surface area contributed by atoms with Crippen molar-refractivity contribution in [1.82, 2.24) is 10.2 Å². The highest BCUT2D eigenvalue weighted by atomic mass is 32.1. The minimum Gasteiger partial charge on any atom is -1.00 e. The van der Waals surface area contributed by atoms with E-state index in [0.717, 1.165) is 0 Å². The fraction of sp³-hybridized carbons (Fsp3) is 0.696. The molecule has 3 aromatic rings. The number of hydrogen-bond donors (Lipinski definition) is 1. The summed E-state index contributed by atoms with van der Waals surface area (Å²) in [5.74, 6) is 0. The average Bonchev–Trinajstić information content (AvgIpc) is 3.69. The molecule has 2 aromatic carbocycles. The average molecular weight is 861 g/mol. The summed E-state index contributed by atoms with van der Waals surface area (Å²) >= 11 is 1.18. The van der Waals surface area contributed by atoms with Gasteiger partial charge in [0.05, 0.1) is 62.2 Å². The van der Waals surface area contributed by atoms with Gasteiger partial charge < -0.3 is 29.4 Å². The van der Waals surface area contributed by atoms with Crippen molar-refractivity contribution < 1.29 is 23.5 Å². The number of nitrogens with zero attached hydrogens (tertiary/aromatic N) is 7. The summed E-state index contributed by atoms with van der Waals surface area (Å²) in [4.78, 5) is 20.3. The van der Waals surface area contributed by atoms with E-state index in [2.05, 4.69) is 76.2 Å². The van der Waals surface area contributed by atoms with Crippen LogP contribution in [0, 0.1) is 20.2 Å². The second-order valence-electron chi connectivity index (χ2n) is 16.0. The minimum absolute atomic E-state index is 0. The van der Waals surface area contributed by atoms with E-state index in [0.29, 0.717) is 21.6 Å². The normalized spacial score (nSPS) is 11.1. The van der Waals surface area contributed by atoms with E-state index in [9.17, 15) is 20.2 Å². The topological polar surface area (TPSA) is 138 Å². The van der Waals surface area contributed by atoms with Gasteiger partial charge >= 0.3 is 0 Å². The van der Waals surface area contributed by atoms with Gasteiger partial charge in [0.15, 0.2) is 5.13 Å². The Bertz CT molecular complexity index is 1330. The summed E-state index contributed by atoms with van der Waals surface area (Å²) in [6, 6.07) is 11.6. The van der Waals surface area contributed by atoms with Crippen LogP contribution in [0.3, 0.4) is 0 Å². The van der Waals surface area contributed by atoms with E-state index in [4.69, 9.17) is 0 Å². The lowest BCUT2D eigenvalue weighted by molar-refractivity contribution is -0.929. The number of nitro benzene ring substituents is 2. The molecular weight excluding hydrogens is 780 g/mol. The van der Waals surface area contributed by atoms with Crippen LogP contribution in [0.4, 0.5) is 33.0 Å². The molecule has 0 fully saturated rings. The molecule has 60 heavy (non-hydrogen) atoms. The third-order valence-electron chi connectivity index (χ3n) is 10.9. The molecule has 0 saturated heterocycles. The lowest BCUT2D eigenvalue weighted by Crippen LogP contribution is -3.00. The molecule has 0 unspecified atom stereocenters. The van der Waals surface area contributed by atoms with Crippen LogP contribution in [-0.4, -0.2) is 81.4 Å². The molecule has 0 atom stereocenters. The molecular formula is C46H81FN8O4S. The highest BCUT2D eigenvalue weighted by molar-refractivity contribution is 7.19. The Labute approximate surface area is 366 Å². The van der Waals surface area contributed by atoms with Gasteiger partial charge in [-0.15, -0.1) is 11.3 Å². The lowest BCUT2D eigenvalue weighted by atomic mass is 10.1. The van der Waals surface area contributed by atoms with Gasteiger partial charge in [-0.2, -0.15) is 0 Å². The van der Waals surface area contributed by atoms with Crippen LogP contribution in [0.2, 0.25) is 0 Å². The minimum atomic E-state index is -0.485. The zero-order valence-corrected chi connectivity index (χ0v) is 39.5. The van der Waals surface area contributed by atoms with Crippen LogP contribution >= 0.6 is 11.3 Å². The second kappa shape index (κ2) is 33.9. The van der Waals surface area contributed by atoms with Gasteiger partial charge in [-0.3, -0.25) is 20.2 Å². The first-order chi connectivity index (χ1) is 28.5. The first-order valence-electron chi connectivity index (χ1n) is 23.0. The Morgan fingerprint density at radius 2 is 0.817 bits per heavy atom. The summed E-state index contributed by atoms with van der Waals surface area (Å²) in [6.07, 6.45) is 22.1. The van der Waals surface area contributed by atoms with Crippen molar-refractivity contribution >= 4 is 44.3 Å². The molecule has 0 saturated carbocycles. The van der Waals surface area contributed by atoms with Crippen molar-refractivity contribution in [3.05, 3.63) is 74.1 Å². The van der Waals surface area contributed by atoms with Gasteiger partial charge in [-0.1, -0.05) is 119 Å². The summed E-state index contributed by atoms with van der Waals surface area (Å²) in [5, 5.41) is 37.1. The molecule has 1 N–H and O–H groups in total. The maximum Gasteiger partial charge on any atom is 0.269 e. The number of rotatable bonds is 30. The van der Waals surface area contributed by atoms with Gasteiger partial charge in [0.2, 0.25) is 0 Å². The number of nitrogens with one attached hydrogen (secondary N) is 1. The summed E-state index contributed by atoms with van der Waals surface area (Å²) < 4.78 is 2.84. The van der Waals surface area contributed by atoms with Gasteiger partial charge in [0, 0.05) is 35.1 Å². The van der Waals surface area contributed by atoms with Gasteiger partial charge in [-0.25, -0.2) is 5.10 Å². The monoisotopic (exact) mass is 861 g/mol. The van der Waals surface area contributed by atoms with Crippen molar-refractivity contribution in [1.29, 1.82) is 0 Å². The zero-order chi connectivity index (χ0) is 43.8. The molecule has 0 aliphatic rings. The first-order valence-corrected chi connectivity index (χ1v) is 23.8. The Morgan fingerprint density at radius 1 is 0.517 bits per heavy atom. The maximum atomic E-state index is 10.6. The predicted octanol–water partition coefficient (Wildman–Crippen LogP) is 11.4. The van der Waals surface area contributed by atoms with E-state index in [1.54, 1.807) is 12.1 Å². The molecule has 342 valence electrons. The molecule has 0 bridgehead atoms. The van der Waals surface area contributed by atoms with Crippen molar-refractivity contribution in [2.24, 2.45) is 0 Å². The van der Waals surface area contributed by atoms with E-state index >= 15 is 0 Å². The Balaban J connectivity index is 0.000000894. The number of hydrogen-bond acceptors (Lipinski definition) is 8. The highest BCUT2D eigenvalue weighted by Crippen LogP contribution is 2.36. The second-order valence-corrected chi connectivity index (χ2v) is 17.0. The van der Waals surface area contributed by atoms with Gasteiger partial charge in [0.25, 0.3) is 11.4 Å². The number of non-ortho nitro benzene ring substituents is 2. The summed E-state index contributed by atoms with van der Waals surface area (Å²) in [7, 11) is 0. The molecule has 0 aliphatic heterocycles. The number of unbranched alkanes of at least 4 members (excludes halogenated alkanes) is 8. The molecule has 14 heteroatoms. The SMILES string of the molecule is CCCC[N+](CCCC)(CCCC)CCCC.CCCC[N+](CCCC)(CCCC)CCCC.O=[N+]([O-])c1ccc([N-]c2nnc(Nc3ccc([N+](=O)[O-])cc3)s2)cc1.[F-]. The van der Waals surface area contributed by atoms with Crippen LogP contribution in [0.5, 0.6) is 0 Å². The number of quaternary nitrogens is 2. The predicted molar refractivity (Wildman–Crippen MR) is 251 cm³/mol. The number of halogens is 1. The molecule has 12 nitrogen and oxygen atoms in total. The number of aromatic nitrogens is 2. The third-order valence-corrected chi connectivity index (χ3v) is 11.6. The molecule has 1 aromatic heterocycles. The summed E-state index contributed by atoms with van der Waals surface area (Å²) in [5.41, 5.74) is 1.13. The van der Waals surface area contributed by atoms with Crippen molar-refractivity contribution in [2.45, 2.75) is 158 Å².